The van der Waals surface area contributed by atoms with Crippen LogP contribution in [0.25, 0.3) is 22.4 Å². The Labute approximate surface area is 179 Å². The highest BCUT2D eigenvalue weighted by Crippen LogP contribution is 2.31. The standard InChI is InChI=1S/C23H24FN5O2/c1-15-8-7-11-18-17(15)12-19(29(18)14-23(2,3)24)21-27-20(31-28-21)13-25-22(30)26-16-9-5-4-6-10-16/h4-12H,13-14H2,1-3H3,(H2,25,26,30). The Balaban J connectivity index is 1.55. The zero-order valence-electron chi connectivity index (χ0n) is 17.6. The van der Waals surface area contributed by atoms with Crippen molar-refractivity contribution in [3.05, 3.63) is 66.1 Å². The van der Waals surface area contributed by atoms with Gasteiger partial charge in [-0.05, 0) is 50.6 Å². The van der Waals surface area contributed by atoms with Crippen molar-refractivity contribution in [3.63, 3.8) is 0 Å². The Morgan fingerprint density at radius 3 is 2.68 bits per heavy atom. The Morgan fingerprint density at radius 2 is 1.94 bits per heavy atom. The number of carbonyl (C=O) groups excluding carboxylic acids is 1. The number of hydrogen-bond acceptors (Lipinski definition) is 4. The molecule has 4 aromatic rings. The van der Waals surface area contributed by atoms with Crippen molar-refractivity contribution in [1.29, 1.82) is 0 Å². The molecule has 0 aliphatic carbocycles. The number of aromatic nitrogens is 3. The molecule has 0 fully saturated rings. The third-order valence-electron chi connectivity index (χ3n) is 4.83. The summed E-state index contributed by atoms with van der Waals surface area (Å²) in [4.78, 5) is 16.5. The summed E-state index contributed by atoms with van der Waals surface area (Å²) in [6, 6.07) is 16.6. The second kappa shape index (κ2) is 8.22. The molecule has 2 N–H and O–H groups in total. The first-order valence-electron chi connectivity index (χ1n) is 10.0. The molecule has 0 bridgehead atoms. The predicted octanol–water partition coefficient (Wildman–Crippen LogP) is 5.07. The highest BCUT2D eigenvalue weighted by molar-refractivity contribution is 5.89. The molecule has 2 aromatic carbocycles. The van der Waals surface area contributed by atoms with E-state index in [1.165, 1.54) is 13.8 Å². The molecule has 0 saturated carbocycles. The van der Waals surface area contributed by atoms with Gasteiger partial charge in [0.25, 0.3) is 0 Å². The number of fused-ring (bicyclic) bond motifs is 1. The van der Waals surface area contributed by atoms with E-state index < -0.39 is 5.67 Å². The van der Waals surface area contributed by atoms with Crippen LogP contribution in [0.5, 0.6) is 0 Å². The number of para-hydroxylation sites is 1. The molecule has 2 aromatic heterocycles. The van der Waals surface area contributed by atoms with Crippen LogP contribution in [0.2, 0.25) is 0 Å². The van der Waals surface area contributed by atoms with E-state index in [0.29, 0.717) is 17.2 Å². The maximum absolute atomic E-state index is 14.5. The fraction of sp³-hybridized carbons (Fsp3) is 0.261. The molecule has 0 unspecified atom stereocenters. The zero-order valence-corrected chi connectivity index (χ0v) is 17.6. The molecule has 2 heterocycles. The van der Waals surface area contributed by atoms with Gasteiger partial charge in [0, 0.05) is 16.6 Å². The molecule has 0 spiro atoms. The lowest BCUT2D eigenvalue weighted by Gasteiger charge is -2.18. The maximum Gasteiger partial charge on any atom is 0.319 e. The number of nitrogens with one attached hydrogen (secondary N) is 2. The number of urea groups is 1. The second-order valence-corrected chi connectivity index (χ2v) is 8.03. The third-order valence-corrected chi connectivity index (χ3v) is 4.83. The Hall–Kier alpha value is -3.68. The lowest BCUT2D eigenvalue weighted by Crippen LogP contribution is -2.28. The van der Waals surface area contributed by atoms with E-state index in [4.69, 9.17) is 4.52 Å². The van der Waals surface area contributed by atoms with Crippen LogP contribution in [0.15, 0.2) is 59.1 Å². The SMILES string of the molecule is Cc1cccc2c1cc(-c1noc(CNC(=O)Nc3ccccc3)n1)n2CC(C)(C)F. The number of carbonyl (C=O) groups is 1. The molecule has 7 nitrogen and oxygen atoms in total. The molecule has 160 valence electrons. The molecule has 2 amide bonds. The van der Waals surface area contributed by atoms with Crippen LogP contribution in [0.4, 0.5) is 14.9 Å². The highest BCUT2D eigenvalue weighted by atomic mass is 19.1. The van der Waals surface area contributed by atoms with E-state index in [9.17, 15) is 9.18 Å². The van der Waals surface area contributed by atoms with Crippen molar-refractivity contribution in [2.75, 3.05) is 5.32 Å². The van der Waals surface area contributed by atoms with Crippen LogP contribution in [0, 0.1) is 6.92 Å². The van der Waals surface area contributed by atoms with E-state index in [2.05, 4.69) is 20.8 Å². The Kier molecular flexibility index (Phi) is 5.46. The minimum atomic E-state index is -1.42. The molecule has 0 saturated heterocycles. The summed E-state index contributed by atoms with van der Waals surface area (Å²) in [7, 11) is 0. The number of alkyl halides is 1. The summed E-state index contributed by atoms with van der Waals surface area (Å²) in [5, 5.41) is 10.5. The average Bonchev–Trinajstić information content (AvgIpc) is 3.32. The minimum Gasteiger partial charge on any atom is -0.337 e. The fourth-order valence-electron chi connectivity index (χ4n) is 3.45. The van der Waals surface area contributed by atoms with Crippen molar-refractivity contribution >= 4 is 22.6 Å². The Bertz CT molecular complexity index is 1210. The van der Waals surface area contributed by atoms with Crippen LogP contribution in [-0.2, 0) is 13.1 Å². The van der Waals surface area contributed by atoms with Gasteiger partial charge in [-0.1, -0.05) is 35.5 Å². The van der Waals surface area contributed by atoms with Gasteiger partial charge in [0.05, 0.1) is 18.8 Å². The molecule has 31 heavy (non-hydrogen) atoms. The summed E-state index contributed by atoms with van der Waals surface area (Å²) in [6.07, 6.45) is 0. The number of rotatable bonds is 6. The van der Waals surface area contributed by atoms with Crippen LogP contribution < -0.4 is 10.6 Å². The van der Waals surface area contributed by atoms with E-state index in [1.807, 2.05) is 54.0 Å². The summed E-state index contributed by atoms with van der Waals surface area (Å²) in [6.45, 7) is 5.30. The van der Waals surface area contributed by atoms with Crippen LogP contribution >= 0.6 is 0 Å². The summed E-state index contributed by atoms with van der Waals surface area (Å²) in [5.74, 6) is 0.603. The normalized spacial score (nSPS) is 11.6. The quantitative estimate of drug-likeness (QED) is 0.455. The Morgan fingerprint density at radius 1 is 1.16 bits per heavy atom. The summed E-state index contributed by atoms with van der Waals surface area (Å²) < 4.78 is 21.7. The van der Waals surface area contributed by atoms with Crippen molar-refractivity contribution in [1.82, 2.24) is 20.0 Å². The van der Waals surface area contributed by atoms with Crippen LogP contribution in [-0.4, -0.2) is 26.4 Å². The first-order chi connectivity index (χ1) is 14.8. The first-order valence-corrected chi connectivity index (χ1v) is 10.0. The fourth-order valence-corrected chi connectivity index (χ4v) is 3.45. The average molecular weight is 421 g/mol. The molecular formula is C23H24FN5O2. The topological polar surface area (TPSA) is 85.0 Å². The number of halogens is 1. The molecule has 8 heteroatoms. The van der Waals surface area contributed by atoms with E-state index in [0.717, 1.165) is 16.5 Å². The summed E-state index contributed by atoms with van der Waals surface area (Å²) >= 11 is 0. The van der Waals surface area contributed by atoms with Crippen molar-refractivity contribution < 1.29 is 13.7 Å². The zero-order chi connectivity index (χ0) is 22.0. The van der Waals surface area contributed by atoms with E-state index >= 15 is 0 Å². The van der Waals surface area contributed by atoms with Gasteiger partial charge in [-0.15, -0.1) is 0 Å². The van der Waals surface area contributed by atoms with Gasteiger partial charge < -0.3 is 19.7 Å². The lowest BCUT2D eigenvalue weighted by atomic mass is 10.1. The second-order valence-electron chi connectivity index (χ2n) is 8.03. The van der Waals surface area contributed by atoms with Gasteiger partial charge in [-0.2, -0.15) is 4.98 Å². The maximum atomic E-state index is 14.5. The van der Waals surface area contributed by atoms with Gasteiger partial charge in [0.15, 0.2) is 0 Å². The number of nitrogens with zero attached hydrogens (tertiary/aromatic N) is 3. The van der Waals surface area contributed by atoms with Crippen molar-refractivity contribution in [2.45, 2.75) is 39.5 Å². The number of benzene rings is 2. The molecule has 0 aliphatic rings. The molecule has 0 atom stereocenters. The van der Waals surface area contributed by atoms with Gasteiger partial charge in [-0.25, -0.2) is 9.18 Å². The van der Waals surface area contributed by atoms with E-state index in [1.54, 1.807) is 12.1 Å². The number of amides is 2. The number of aryl methyl sites for hydroxylation is 1. The molecule has 0 aliphatic heterocycles. The van der Waals surface area contributed by atoms with Crippen LogP contribution in [0.1, 0.15) is 25.3 Å². The van der Waals surface area contributed by atoms with Crippen molar-refractivity contribution in [2.24, 2.45) is 0 Å². The number of anilines is 1. The summed E-state index contributed by atoms with van der Waals surface area (Å²) in [5.41, 5.74) is 1.91. The minimum absolute atomic E-state index is 0.0690. The van der Waals surface area contributed by atoms with Gasteiger partial charge >= 0.3 is 6.03 Å². The smallest absolute Gasteiger partial charge is 0.319 e. The van der Waals surface area contributed by atoms with E-state index in [-0.39, 0.29) is 25.0 Å². The largest absolute Gasteiger partial charge is 0.337 e. The monoisotopic (exact) mass is 421 g/mol. The van der Waals surface area contributed by atoms with Gasteiger partial charge in [0.2, 0.25) is 11.7 Å². The molecule has 4 rings (SSSR count). The lowest BCUT2D eigenvalue weighted by molar-refractivity contribution is 0.189. The van der Waals surface area contributed by atoms with Crippen molar-refractivity contribution in [3.8, 4) is 11.5 Å². The third kappa shape index (κ3) is 4.74. The predicted molar refractivity (Wildman–Crippen MR) is 117 cm³/mol. The van der Waals surface area contributed by atoms with Gasteiger partial charge in [0.1, 0.15) is 5.67 Å². The number of hydrogen-bond donors (Lipinski definition) is 2. The molecule has 0 radical (unpaired) electrons. The van der Waals surface area contributed by atoms with Gasteiger partial charge in [-0.3, -0.25) is 0 Å². The molecular weight excluding hydrogens is 397 g/mol. The first kappa shape index (κ1) is 20.6. The van der Waals surface area contributed by atoms with Crippen LogP contribution in [0.3, 0.4) is 0 Å². The highest BCUT2D eigenvalue weighted by Gasteiger charge is 2.23.